The lowest BCUT2D eigenvalue weighted by atomic mass is 9.67. The van der Waals surface area contributed by atoms with Gasteiger partial charge in [-0.1, -0.05) is 18.2 Å². The minimum absolute atomic E-state index is 0.0550. The number of nitrogens with one attached hydrogen (secondary N) is 1. The van der Waals surface area contributed by atoms with E-state index in [1.165, 1.54) is 6.92 Å². The number of allylic oxidation sites excluding steroid dienone is 1. The summed E-state index contributed by atoms with van der Waals surface area (Å²) in [7, 11) is 1.16. The number of hydrogen-bond donors (Lipinski definition) is 2. The van der Waals surface area contributed by atoms with E-state index in [0.29, 0.717) is 11.3 Å². The fraction of sp³-hybridized carbons (Fsp3) is 0.278. The smallest absolute Gasteiger partial charge is 0.339 e. The van der Waals surface area contributed by atoms with Crippen molar-refractivity contribution in [3.05, 3.63) is 52.6 Å². The van der Waals surface area contributed by atoms with Crippen LogP contribution in [0.1, 0.15) is 19.4 Å². The molecule has 0 aromatic heterocycles. The lowest BCUT2D eigenvalue weighted by Crippen LogP contribution is -2.47. The van der Waals surface area contributed by atoms with Crippen molar-refractivity contribution in [1.82, 2.24) is 0 Å². The number of para-hydroxylation sites is 1. The van der Waals surface area contributed by atoms with Gasteiger partial charge < -0.3 is 25.3 Å². The molecule has 0 fully saturated rings. The largest absolute Gasteiger partial charge is 0.466 e. The number of ether oxygens (including phenoxy) is 3. The van der Waals surface area contributed by atoms with E-state index in [1.807, 2.05) is 0 Å². The molecule has 0 saturated heterocycles. The molecule has 3 N–H and O–H groups in total. The monoisotopic (exact) mass is 358 g/mol. The first kappa shape index (κ1) is 17.5. The van der Waals surface area contributed by atoms with Gasteiger partial charge in [0, 0.05) is 11.3 Å². The number of nitrogens with two attached hydrogens (primary N) is 1. The highest BCUT2D eigenvalue weighted by atomic mass is 16.6. The number of benzene rings is 1. The zero-order chi connectivity index (χ0) is 19.1. The predicted molar refractivity (Wildman–Crippen MR) is 90.4 cm³/mol. The van der Waals surface area contributed by atoms with Crippen LogP contribution in [0, 0.1) is 0 Å². The molecule has 2 heterocycles. The molecule has 2 aliphatic heterocycles. The Morgan fingerprint density at radius 2 is 1.92 bits per heavy atom. The van der Waals surface area contributed by atoms with Crippen molar-refractivity contribution in [3.8, 4) is 0 Å². The Morgan fingerprint density at radius 3 is 2.58 bits per heavy atom. The molecule has 1 aromatic carbocycles. The minimum atomic E-state index is -1.85. The molecule has 8 heteroatoms. The van der Waals surface area contributed by atoms with Gasteiger partial charge in [-0.2, -0.15) is 0 Å². The van der Waals surface area contributed by atoms with Gasteiger partial charge in [0.25, 0.3) is 0 Å². The van der Waals surface area contributed by atoms with Crippen LogP contribution in [0.3, 0.4) is 0 Å². The Bertz CT molecular complexity index is 885. The first-order valence-corrected chi connectivity index (χ1v) is 7.95. The molecule has 0 aliphatic carbocycles. The first-order valence-electron chi connectivity index (χ1n) is 7.95. The zero-order valence-corrected chi connectivity index (χ0v) is 14.5. The fourth-order valence-corrected chi connectivity index (χ4v) is 3.43. The van der Waals surface area contributed by atoms with Gasteiger partial charge >= 0.3 is 17.9 Å². The van der Waals surface area contributed by atoms with E-state index in [4.69, 9.17) is 19.9 Å². The quantitative estimate of drug-likeness (QED) is 0.609. The average molecular weight is 358 g/mol. The number of carbonyl (C=O) groups excluding carboxylic acids is 3. The third kappa shape index (κ3) is 2.18. The summed E-state index contributed by atoms with van der Waals surface area (Å²) < 4.78 is 15.2. The van der Waals surface area contributed by atoms with Gasteiger partial charge in [0.15, 0.2) is 5.41 Å². The van der Waals surface area contributed by atoms with Gasteiger partial charge in [-0.15, -0.1) is 0 Å². The van der Waals surface area contributed by atoms with Crippen molar-refractivity contribution >= 4 is 23.6 Å². The number of anilines is 1. The lowest BCUT2D eigenvalue weighted by molar-refractivity contribution is -0.146. The van der Waals surface area contributed by atoms with Gasteiger partial charge in [-0.05, 0) is 19.9 Å². The lowest BCUT2D eigenvalue weighted by Gasteiger charge is -2.35. The molecule has 1 atom stereocenters. The van der Waals surface area contributed by atoms with Crippen LogP contribution in [0.2, 0.25) is 0 Å². The van der Waals surface area contributed by atoms with Crippen LogP contribution in [0.25, 0.3) is 0 Å². The predicted octanol–water partition coefficient (Wildman–Crippen LogP) is 1.09. The second-order valence-electron chi connectivity index (χ2n) is 5.74. The van der Waals surface area contributed by atoms with E-state index >= 15 is 0 Å². The molecule has 0 bridgehead atoms. The Hall–Kier alpha value is -3.29. The highest BCUT2D eigenvalue weighted by Crippen LogP contribution is 2.52. The van der Waals surface area contributed by atoms with Gasteiger partial charge in [0.2, 0.25) is 0 Å². The molecule has 1 aromatic rings. The fourth-order valence-electron chi connectivity index (χ4n) is 3.43. The molecular weight excluding hydrogens is 340 g/mol. The Labute approximate surface area is 149 Å². The molecule has 1 unspecified atom stereocenters. The van der Waals surface area contributed by atoms with Gasteiger partial charge in [-0.25, -0.2) is 14.4 Å². The number of methoxy groups -OCH3 is 1. The summed E-state index contributed by atoms with van der Waals surface area (Å²) in [6.45, 7) is 3.20. The van der Waals surface area contributed by atoms with Crippen LogP contribution < -0.4 is 11.1 Å². The van der Waals surface area contributed by atoms with E-state index in [2.05, 4.69) is 5.32 Å². The van der Waals surface area contributed by atoms with Crippen molar-refractivity contribution < 1.29 is 28.6 Å². The summed E-state index contributed by atoms with van der Waals surface area (Å²) in [6, 6.07) is 6.72. The minimum Gasteiger partial charge on any atom is -0.466 e. The number of fused-ring (bicyclic) bond motifs is 2. The van der Waals surface area contributed by atoms with Crippen LogP contribution in [0.15, 0.2) is 47.0 Å². The molecule has 26 heavy (non-hydrogen) atoms. The maximum Gasteiger partial charge on any atom is 0.339 e. The molecule has 3 rings (SSSR count). The van der Waals surface area contributed by atoms with Gasteiger partial charge in [-0.3, -0.25) is 0 Å². The van der Waals surface area contributed by atoms with Gasteiger partial charge in [0.05, 0.1) is 13.7 Å². The third-order valence-electron chi connectivity index (χ3n) is 4.39. The van der Waals surface area contributed by atoms with Crippen LogP contribution in [-0.4, -0.2) is 31.6 Å². The van der Waals surface area contributed by atoms with E-state index in [1.54, 1.807) is 31.2 Å². The number of carbonyl (C=O) groups is 3. The first-order chi connectivity index (χ1) is 12.4. The van der Waals surface area contributed by atoms with E-state index in [0.717, 1.165) is 7.11 Å². The van der Waals surface area contributed by atoms with E-state index < -0.39 is 23.3 Å². The topological polar surface area (TPSA) is 117 Å². The van der Waals surface area contributed by atoms with Crippen LogP contribution >= 0.6 is 0 Å². The SMILES string of the molecule is CCOC(=O)C1=C(C)OC(=O)C12C(C(=O)OC)=C(N)Nc1ccccc12. The number of rotatable bonds is 3. The molecule has 1 spiro atoms. The number of hydrogen-bond acceptors (Lipinski definition) is 8. The average Bonchev–Trinajstić information content (AvgIpc) is 2.85. The third-order valence-corrected chi connectivity index (χ3v) is 4.39. The second kappa shape index (κ2) is 6.21. The number of cyclic esters (lactones) is 1. The Balaban J connectivity index is 2.41. The summed E-state index contributed by atoms with van der Waals surface area (Å²) in [6.07, 6.45) is 0. The van der Waals surface area contributed by atoms with Crippen LogP contribution in [0.4, 0.5) is 5.69 Å². The van der Waals surface area contributed by atoms with Crippen LogP contribution in [-0.2, 0) is 34.0 Å². The van der Waals surface area contributed by atoms with E-state index in [9.17, 15) is 14.4 Å². The van der Waals surface area contributed by atoms with Crippen molar-refractivity contribution in [3.63, 3.8) is 0 Å². The number of esters is 3. The molecule has 136 valence electrons. The van der Waals surface area contributed by atoms with E-state index in [-0.39, 0.29) is 29.3 Å². The van der Waals surface area contributed by atoms with Crippen LogP contribution in [0.5, 0.6) is 0 Å². The standard InChI is InChI=1S/C18H18N2O6/c1-4-25-16(22)12-9(2)26-17(23)18(12)10-7-5-6-8-11(10)20-14(19)13(18)15(21)24-3/h5-8,20H,4,19H2,1-3H3. The Kier molecular flexibility index (Phi) is 4.19. The second-order valence-corrected chi connectivity index (χ2v) is 5.74. The molecule has 0 amide bonds. The summed E-state index contributed by atoms with van der Waals surface area (Å²) >= 11 is 0. The molecule has 2 aliphatic rings. The highest BCUT2D eigenvalue weighted by molar-refractivity contribution is 6.15. The maximum atomic E-state index is 13.0. The van der Waals surface area contributed by atoms with Gasteiger partial charge in [0.1, 0.15) is 22.7 Å². The maximum absolute atomic E-state index is 13.0. The molecular formula is C18H18N2O6. The molecule has 0 radical (unpaired) electrons. The zero-order valence-electron chi connectivity index (χ0n) is 14.5. The summed E-state index contributed by atoms with van der Waals surface area (Å²) in [5.74, 6) is -2.46. The molecule has 0 saturated carbocycles. The van der Waals surface area contributed by atoms with Crippen molar-refractivity contribution in [2.24, 2.45) is 5.73 Å². The molecule has 8 nitrogen and oxygen atoms in total. The van der Waals surface area contributed by atoms with Crippen molar-refractivity contribution in [1.29, 1.82) is 0 Å². The summed E-state index contributed by atoms with van der Waals surface area (Å²) in [5.41, 5.74) is 4.75. The Morgan fingerprint density at radius 1 is 1.23 bits per heavy atom. The van der Waals surface area contributed by atoms with Crippen molar-refractivity contribution in [2.75, 3.05) is 19.0 Å². The normalized spacial score (nSPS) is 21.3. The summed E-state index contributed by atoms with van der Waals surface area (Å²) in [4.78, 5) is 38.3. The highest BCUT2D eigenvalue weighted by Gasteiger charge is 2.62. The van der Waals surface area contributed by atoms with Crippen molar-refractivity contribution in [2.45, 2.75) is 19.3 Å². The summed E-state index contributed by atoms with van der Waals surface area (Å²) in [5, 5.41) is 2.88.